The lowest BCUT2D eigenvalue weighted by Gasteiger charge is -2.32. The fourth-order valence-electron chi connectivity index (χ4n) is 2.41. The minimum absolute atomic E-state index is 0.972. The third-order valence-electron chi connectivity index (χ3n) is 3.62. The van der Waals surface area contributed by atoms with E-state index in [-0.39, 0.29) is 0 Å². The molecule has 1 N–H and O–H groups in total. The Morgan fingerprint density at radius 1 is 1.14 bits per heavy atom. The van der Waals surface area contributed by atoms with Gasteiger partial charge in [-0.1, -0.05) is 0 Å². The molecule has 2 fully saturated rings. The highest BCUT2D eigenvalue weighted by atomic mass is 15.2. The van der Waals surface area contributed by atoms with Crippen LogP contribution in [0.1, 0.15) is 6.42 Å². The van der Waals surface area contributed by atoms with Crippen LogP contribution in [0.25, 0.3) is 0 Å². The maximum absolute atomic E-state index is 3.28. The molecule has 0 bridgehead atoms. The summed E-state index contributed by atoms with van der Waals surface area (Å²) < 4.78 is 0. The summed E-state index contributed by atoms with van der Waals surface area (Å²) in [7, 11) is 4.28. The first kappa shape index (κ1) is 10.4. The summed E-state index contributed by atoms with van der Waals surface area (Å²) in [5, 5.41) is 3.28. The van der Waals surface area contributed by atoms with Crippen LogP contribution in [0.4, 0.5) is 0 Å². The van der Waals surface area contributed by atoms with Crippen LogP contribution >= 0.6 is 0 Å². The van der Waals surface area contributed by atoms with Crippen molar-refractivity contribution in [2.45, 2.75) is 6.42 Å². The molecule has 0 radical (unpaired) electrons. The van der Waals surface area contributed by atoms with Crippen molar-refractivity contribution in [1.29, 1.82) is 0 Å². The van der Waals surface area contributed by atoms with Gasteiger partial charge in [0, 0.05) is 32.7 Å². The van der Waals surface area contributed by atoms with Crippen LogP contribution in [0.2, 0.25) is 0 Å². The van der Waals surface area contributed by atoms with E-state index in [1.807, 2.05) is 0 Å². The van der Waals surface area contributed by atoms with Gasteiger partial charge in [-0.3, -0.25) is 0 Å². The smallest absolute Gasteiger partial charge is 0.0110 e. The molecule has 14 heavy (non-hydrogen) atoms. The molecule has 1 heterocycles. The van der Waals surface area contributed by atoms with Gasteiger partial charge in [0.2, 0.25) is 0 Å². The summed E-state index contributed by atoms with van der Waals surface area (Å²) in [6, 6.07) is 0. The van der Waals surface area contributed by atoms with Crippen LogP contribution in [-0.4, -0.2) is 63.2 Å². The molecule has 3 nitrogen and oxygen atoms in total. The molecule has 82 valence electrons. The zero-order chi connectivity index (χ0) is 9.97. The van der Waals surface area contributed by atoms with Crippen LogP contribution in [0, 0.1) is 11.8 Å². The number of hydrogen-bond donors (Lipinski definition) is 1. The summed E-state index contributed by atoms with van der Waals surface area (Å²) >= 11 is 0. The Labute approximate surface area is 87.4 Å². The first-order valence-electron chi connectivity index (χ1n) is 5.85. The molecule has 0 unspecified atom stereocenters. The lowest BCUT2D eigenvalue weighted by atomic mass is 10.2. The van der Waals surface area contributed by atoms with Crippen LogP contribution in [0.5, 0.6) is 0 Å². The summed E-state index contributed by atoms with van der Waals surface area (Å²) in [6.45, 7) is 7.63. The van der Waals surface area contributed by atoms with Crippen molar-refractivity contribution < 1.29 is 0 Å². The van der Waals surface area contributed by atoms with Crippen molar-refractivity contribution in [2.75, 3.05) is 53.4 Å². The minimum atomic E-state index is 0.972. The average molecular weight is 197 g/mol. The molecule has 2 aliphatic rings. The summed E-state index contributed by atoms with van der Waals surface area (Å²) in [5.74, 6) is 1.96. The van der Waals surface area contributed by atoms with Gasteiger partial charge in [0.1, 0.15) is 0 Å². The van der Waals surface area contributed by atoms with E-state index in [9.17, 15) is 0 Å². The number of nitrogens with zero attached hydrogens (tertiary/aromatic N) is 2. The lowest BCUT2D eigenvalue weighted by Crippen LogP contribution is -2.45. The maximum Gasteiger partial charge on any atom is 0.0110 e. The molecular weight excluding hydrogens is 174 g/mol. The molecular formula is C11H23N3. The van der Waals surface area contributed by atoms with Gasteiger partial charge in [-0.25, -0.2) is 0 Å². The Bertz CT molecular complexity index is 175. The van der Waals surface area contributed by atoms with E-state index in [1.54, 1.807) is 0 Å². The third-order valence-corrected chi connectivity index (χ3v) is 3.62. The number of likely N-dealkylation sites (N-methyl/N-ethyl adjacent to an activating group) is 1. The van der Waals surface area contributed by atoms with Gasteiger partial charge in [0.25, 0.3) is 0 Å². The van der Waals surface area contributed by atoms with Gasteiger partial charge >= 0.3 is 0 Å². The van der Waals surface area contributed by atoms with E-state index in [2.05, 4.69) is 29.2 Å². The van der Waals surface area contributed by atoms with E-state index in [0.29, 0.717) is 0 Å². The Hall–Kier alpha value is -0.120. The van der Waals surface area contributed by atoms with Crippen molar-refractivity contribution in [2.24, 2.45) is 11.8 Å². The predicted molar refractivity (Wildman–Crippen MR) is 59.5 cm³/mol. The molecule has 2 rings (SSSR count). The number of hydrogen-bond acceptors (Lipinski definition) is 3. The zero-order valence-electron chi connectivity index (χ0n) is 9.50. The standard InChI is InChI=1S/C11H23N3/c1-12-8-10-7-11(10)9-14-5-3-13(2)4-6-14/h10-12H,3-9H2,1-2H3/t10-,11+/m1/s1. The van der Waals surface area contributed by atoms with E-state index in [4.69, 9.17) is 0 Å². The summed E-state index contributed by atoms with van der Waals surface area (Å²) in [5.41, 5.74) is 0. The summed E-state index contributed by atoms with van der Waals surface area (Å²) in [4.78, 5) is 5.06. The lowest BCUT2D eigenvalue weighted by molar-refractivity contribution is 0.147. The van der Waals surface area contributed by atoms with Gasteiger partial charge in [-0.15, -0.1) is 0 Å². The SMILES string of the molecule is CNC[C@H]1C[C@H]1CN1CCN(C)CC1. The molecule has 2 atom stereocenters. The van der Waals surface area contributed by atoms with Crippen molar-refractivity contribution in [1.82, 2.24) is 15.1 Å². The van der Waals surface area contributed by atoms with Gasteiger partial charge in [-0.2, -0.15) is 0 Å². The van der Waals surface area contributed by atoms with Crippen molar-refractivity contribution >= 4 is 0 Å². The zero-order valence-corrected chi connectivity index (χ0v) is 9.50. The minimum Gasteiger partial charge on any atom is -0.319 e. The van der Waals surface area contributed by atoms with Gasteiger partial charge in [-0.05, 0) is 38.9 Å². The Kier molecular flexibility index (Phi) is 3.42. The second kappa shape index (κ2) is 4.60. The second-order valence-electron chi connectivity index (χ2n) is 4.92. The molecule has 0 spiro atoms. The molecule has 0 aromatic rings. The monoisotopic (exact) mass is 197 g/mol. The van der Waals surface area contributed by atoms with E-state index in [0.717, 1.165) is 11.8 Å². The Balaban J connectivity index is 1.62. The van der Waals surface area contributed by atoms with E-state index < -0.39 is 0 Å². The third kappa shape index (κ3) is 2.69. The largest absolute Gasteiger partial charge is 0.319 e. The van der Waals surface area contributed by atoms with Crippen molar-refractivity contribution in [3.05, 3.63) is 0 Å². The van der Waals surface area contributed by atoms with Crippen molar-refractivity contribution in [3.63, 3.8) is 0 Å². The molecule has 0 aromatic carbocycles. The molecule has 1 aliphatic carbocycles. The first-order valence-corrected chi connectivity index (χ1v) is 5.85. The topological polar surface area (TPSA) is 18.5 Å². The summed E-state index contributed by atoms with van der Waals surface area (Å²) in [6.07, 6.45) is 1.45. The fourth-order valence-corrected chi connectivity index (χ4v) is 2.41. The fraction of sp³-hybridized carbons (Fsp3) is 1.00. The number of nitrogens with one attached hydrogen (secondary N) is 1. The molecule has 3 heteroatoms. The second-order valence-corrected chi connectivity index (χ2v) is 4.92. The van der Waals surface area contributed by atoms with Gasteiger partial charge in [0.15, 0.2) is 0 Å². The number of piperazine rings is 1. The highest BCUT2D eigenvalue weighted by Crippen LogP contribution is 2.38. The highest BCUT2D eigenvalue weighted by molar-refractivity contribution is 4.90. The first-order chi connectivity index (χ1) is 6.79. The van der Waals surface area contributed by atoms with E-state index in [1.165, 1.54) is 45.7 Å². The number of rotatable bonds is 4. The normalized spacial score (nSPS) is 34.7. The Morgan fingerprint density at radius 2 is 1.86 bits per heavy atom. The predicted octanol–water partition coefficient (Wildman–Crippen LogP) is 0.0893. The van der Waals surface area contributed by atoms with Crippen LogP contribution in [0.3, 0.4) is 0 Å². The van der Waals surface area contributed by atoms with Gasteiger partial charge < -0.3 is 15.1 Å². The highest BCUT2D eigenvalue weighted by Gasteiger charge is 2.37. The van der Waals surface area contributed by atoms with Crippen LogP contribution in [-0.2, 0) is 0 Å². The Morgan fingerprint density at radius 3 is 2.50 bits per heavy atom. The quantitative estimate of drug-likeness (QED) is 0.689. The van der Waals surface area contributed by atoms with E-state index >= 15 is 0 Å². The van der Waals surface area contributed by atoms with Crippen LogP contribution < -0.4 is 5.32 Å². The average Bonchev–Trinajstić information content (AvgIpc) is 2.89. The molecule has 0 aromatic heterocycles. The molecule has 1 aliphatic heterocycles. The van der Waals surface area contributed by atoms with Crippen molar-refractivity contribution in [3.8, 4) is 0 Å². The van der Waals surface area contributed by atoms with Gasteiger partial charge in [0.05, 0.1) is 0 Å². The molecule has 0 amide bonds. The maximum atomic E-state index is 3.28. The molecule has 1 saturated carbocycles. The van der Waals surface area contributed by atoms with Crippen LogP contribution in [0.15, 0.2) is 0 Å². The molecule has 1 saturated heterocycles.